The Morgan fingerprint density at radius 2 is 1.12 bits per heavy atom. The lowest BCUT2D eigenvalue weighted by atomic mass is 10.3. The van der Waals surface area contributed by atoms with Gasteiger partial charge in [0.25, 0.3) is 0 Å². The SMILES string of the molecule is CCCCC[SiH](CCCCC)O[SiH](CC)CC. The molecular weight excluding hydrogens is 240 g/mol. The molecule has 0 aliphatic heterocycles. The van der Waals surface area contributed by atoms with Crippen LogP contribution in [0.3, 0.4) is 0 Å². The average molecular weight is 275 g/mol. The van der Waals surface area contributed by atoms with E-state index in [4.69, 9.17) is 4.12 Å². The summed E-state index contributed by atoms with van der Waals surface area (Å²) in [5.41, 5.74) is 0. The van der Waals surface area contributed by atoms with Crippen LogP contribution in [0.15, 0.2) is 0 Å². The Morgan fingerprint density at radius 1 is 0.647 bits per heavy atom. The van der Waals surface area contributed by atoms with E-state index in [1.165, 1.54) is 62.7 Å². The highest BCUT2D eigenvalue weighted by Gasteiger charge is 2.16. The lowest BCUT2D eigenvalue weighted by molar-refractivity contribution is 0.557. The van der Waals surface area contributed by atoms with Crippen LogP contribution in [0, 0.1) is 0 Å². The van der Waals surface area contributed by atoms with Crippen LogP contribution in [-0.4, -0.2) is 18.1 Å². The van der Waals surface area contributed by atoms with Gasteiger partial charge in [0.1, 0.15) is 0 Å². The molecule has 17 heavy (non-hydrogen) atoms. The summed E-state index contributed by atoms with van der Waals surface area (Å²) in [5.74, 6) is 0. The predicted molar refractivity (Wildman–Crippen MR) is 85.0 cm³/mol. The molecule has 0 spiro atoms. The van der Waals surface area contributed by atoms with E-state index in [1.54, 1.807) is 0 Å². The van der Waals surface area contributed by atoms with Gasteiger partial charge in [-0.2, -0.15) is 0 Å². The minimum absolute atomic E-state index is 0.791. The molecule has 0 aromatic heterocycles. The van der Waals surface area contributed by atoms with Crippen LogP contribution in [0.25, 0.3) is 0 Å². The first kappa shape index (κ1) is 17.4. The second kappa shape index (κ2) is 12.8. The molecule has 0 fully saturated rings. The van der Waals surface area contributed by atoms with Gasteiger partial charge in [0, 0.05) is 0 Å². The zero-order chi connectivity index (χ0) is 12.9. The number of rotatable bonds is 12. The fourth-order valence-corrected chi connectivity index (χ4v) is 9.44. The molecule has 1 nitrogen and oxygen atoms in total. The molecule has 0 N–H and O–H groups in total. The smallest absolute Gasteiger partial charge is 0.162 e. The molecule has 3 heteroatoms. The Hall–Kier alpha value is 0.394. The summed E-state index contributed by atoms with van der Waals surface area (Å²) in [6, 6.07) is 5.56. The van der Waals surface area contributed by atoms with Gasteiger partial charge < -0.3 is 4.12 Å². The molecular formula is C14H34OSi2. The van der Waals surface area contributed by atoms with E-state index in [9.17, 15) is 0 Å². The van der Waals surface area contributed by atoms with Crippen molar-refractivity contribution in [1.29, 1.82) is 0 Å². The molecule has 0 radical (unpaired) electrons. The van der Waals surface area contributed by atoms with Crippen molar-refractivity contribution in [3.05, 3.63) is 0 Å². The van der Waals surface area contributed by atoms with Crippen molar-refractivity contribution >= 4 is 18.1 Å². The summed E-state index contributed by atoms with van der Waals surface area (Å²) in [7, 11) is -1.62. The molecule has 0 saturated carbocycles. The minimum atomic E-state index is -0.828. The quantitative estimate of drug-likeness (QED) is 0.364. The van der Waals surface area contributed by atoms with Gasteiger partial charge in [-0.05, 0) is 24.2 Å². The molecule has 0 atom stereocenters. The van der Waals surface area contributed by atoms with Crippen molar-refractivity contribution in [3.63, 3.8) is 0 Å². The molecule has 0 rings (SSSR count). The third kappa shape index (κ3) is 10.0. The molecule has 0 amide bonds. The van der Waals surface area contributed by atoms with Gasteiger partial charge in [-0.15, -0.1) is 0 Å². The normalized spacial score (nSPS) is 11.6. The van der Waals surface area contributed by atoms with Crippen molar-refractivity contribution in [3.8, 4) is 0 Å². The van der Waals surface area contributed by atoms with Crippen LogP contribution in [0.2, 0.25) is 24.2 Å². The standard InChI is InChI=1S/C14H34OSi2/c1-5-9-11-13-17(14-12-10-6-2)15-16(7-3)8-4/h16-17H,5-14H2,1-4H3. The van der Waals surface area contributed by atoms with Crippen LogP contribution in [0.1, 0.15) is 66.2 Å². The first-order chi connectivity index (χ1) is 8.28. The molecule has 0 aromatic carbocycles. The highest BCUT2D eigenvalue weighted by molar-refractivity contribution is 6.66. The average Bonchev–Trinajstić information content (AvgIpc) is 2.35. The van der Waals surface area contributed by atoms with Gasteiger partial charge in [-0.1, -0.05) is 66.2 Å². The van der Waals surface area contributed by atoms with Crippen LogP contribution in [0.5, 0.6) is 0 Å². The molecule has 0 aromatic rings. The van der Waals surface area contributed by atoms with E-state index < -0.39 is 18.1 Å². The fraction of sp³-hybridized carbons (Fsp3) is 1.00. The molecule has 0 heterocycles. The van der Waals surface area contributed by atoms with Gasteiger partial charge in [0.15, 0.2) is 18.1 Å². The zero-order valence-corrected chi connectivity index (χ0v) is 14.9. The predicted octanol–water partition coefficient (Wildman–Crippen LogP) is 4.87. The molecule has 0 bridgehead atoms. The molecule has 0 aliphatic rings. The monoisotopic (exact) mass is 274 g/mol. The van der Waals surface area contributed by atoms with Gasteiger partial charge in [-0.25, -0.2) is 0 Å². The van der Waals surface area contributed by atoms with Crippen LogP contribution < -0.4 is 0 Å². The van der Waals surface area contributed by atoms with Crippen molar-refractivity contribution in [2.75, 3.05) is 0 Å². The lowest BCUT2D eigenvalue weighted by Gasteiger charge is -2.22. The Balaban J connectivity index is 3.90. The molecule has 0 aliphatic carbocycles. The zero-order valence-electron chi connectivity index (χ0n) is 12.6. The first-order valence-corrected chi connectivity index (χ1v) is 12.1. The molecule has 0 saturated heterocycles. The van der Waals surface area contributed by atoms with Crippen molar-refractivity contribution in [1.82, 2.24) is 0 Å². The largest absolute Gasteiger partial charge is 0.460 e. The van der Waals surface area contributed by atoms with E-state index in [1.807, 2.05) is 0 Å². The third-order valence-electron chi connectivity index (χ3n) is 3.55. The van der Waals surface area contributed by atoms with Gasteiger partial charge in [0.2, 0.25) is 0 Å². The maximum absolute atomic E-state index is 6.52. The maximum Gasteiger partial charge on any atom is 0.162 e. The van der Waals surface area contributed by atoms with E-state index in [0.717, 1.165) is 0 Å². The lowest BCUT2D eigenvalue weighted by Crippen LogP contribution is -2.28. The second-order valence-corrected chi connectivity index (χ2v) is 11.6. The fourth-order valence-electron chi connectivity index (χ4n) is 2.28. The summed E-state index contributed by atoms with van der Waals surface area (Å²) in [5, 5.41) is 0. The summed E-state index contributed by atoms with van der Waals surface area (Å²) in [4.78, 5) is 0. The highest BCUT2D eigenvalue weighted by Crippen LogP contribution is 2.16. The Labute approximate surface area is 113 Å². The Morgan fingerprint density at radius 3 is 1.47 bits per heavy atom. The number of hydrogen-bond donors (Lipinski definition) is 0. The highest BCUT2D eigenvalue weighted by atomic mass is 28.4. The van der Waals surface area contributed by atoms with Crippen molar-refractivity contribution in [2.45, 2.75) is 90.4 Å². The van der Waals surface area contributed by atoms with Gasteiger partial charge in [0.05, 0.1) is 0 Å². The number of hydrogen-bond acceptors (Lipinski definition) is 1. The van der Waals surface area contributed by atoms with Crippen LogP contribution in [0.4, 0.5) is 0 Å². The summed E-state index contributed by atoms with van der Waals surface area (Å²) in [6.45, 7) is 9.24. The van der Waals surface area contributed by atoms with Crippen molar-refractivity contribution < 1.29 is 4.12 Å². The maximum atomic E-state index is 6.52. The summed E-state index contributed by atoms with van der Waals surface area (Å²) < 4.78 is 6.52. The van der Waals surface area contributed by atoms with Crippen LogP contribution in [-0.2, 0) is 4.12 Å². The molecule has 0 unspecified atom stereocenters. The topological polar surface area (TPSA) is 9.23 Å². The van der Waals surface area contributed by atoms with Crippen LogP contribution >= 0.6 is 0 Å². The van der Waals surface area contributed by atoms with Gasteiger partial charge >= 0.3 is 0 Å². The Kier molecular flexibility index (Phi) is 13.1. The van der Waals surface area contributed by atoms with E-state index in [2.05, 4.69) is 27.7 Å². The van der Waals surface area contributed by atoms with E-state index >= 15 is 0 Å². The third-order valence-corrected chi connectivity index (χ3v) is 10.6. The first-order valence-electron chi connectivity index (χ1n) is 7.93. The summed E-state index contributed by atoms with van der Waals surface area (Å²) in [6.07, 6.45) is 8.36. The number of unbranched alkanes of at least 4 members (excludes halogenated alkanes) is 4. The second-order valence-electron chi connectivity index (χ2n) is 5.19. The van der Waals surface area contributed by atoms with E-state index in [0.29, 0.717) is 0 Å². The molecule has 104 valence electrons. The van der Waals surface area contributed by atoms with Crippen molar-refractivity contribution in [2.24, 2.45) is 0 Å². The van der Waals surface area contributed by atoms with E-state index in [-0.39, 0.29) is 0 Å². The summed E-state index contributed by atoms with van der Waals surface area (Å²) >= 11 is 0. The van der Waals surface area contributed by atoms with Gasteiger partial charge in [-0.3, -0.25) is 0 Å². The Bertz CT molecular complexity index is 139. The minimum Gasteiger partial charge on any atom is -0.460 e.